The minimum atomic E-state index is -3.58. The zero-order valence-electron chi connectivity index (χ0n) is 16.0. The van der Waals surface area contributed by atoms with Crippen LogP contribution >= 0.6 is 0 Å². The number of methoxy groups -OCH3 is 1. The van der Waals surface area contributed by atoms with Gasteiger partial charge in [-0.3, -0.25) is 9.59 Å². The molecule has 0 spiro atoms. The molecule has 0 saturated carbocycles. The second-order valence-corrected chi connectivity index (χ2v) is 9.29. The van der Waals surface area contributed by atoms with Gasteiger partial charge in [0.25, 0.3) is 0 Å². The first-order chi connectivity index (χ1) is 13.3. The average Bonchev–Trinajstić information content (AvgIpc) is 2.73. The first-order valence-corrected chi connectivity index (χ1v) is 11.0. The fraction of sp³-hybridized carbons (Fsp3) is 0.579. The topological polar surface area (TPSA) is 110 Å². The molecule has 1 aromatic carbocycles. The molecule has 8 nitrogen and oxygen atoms in total. The van der Waals surface area contributed by atoms with E-state index in [1.807, 2.05) is 0 Å². The maximum atomic E-state index is 12.8. The third-order valence-electron chi connectivity index (χ3n) is 5.71. The molecule has 0 aromatic heterocycles. The fourth-order valence-corrected chi connectivity index (χ4v) is 5.35. The molecule has 2 heterocycles. The van der Waals surface area contributed by atoms with Crippen molar-refractivity contribution < 1.29 is 22.7 Å². The predicted molar refractivity (Wildman–Crippen MR) is 103 cm³/mol. The molecular weight excluding hydrogens is 382 g/mol. The van der Waals surface area contributed by atoms with Gasteiger partial charge in [0, 0.05) is 38.0 Å². The molecule has 0 atom stereocenters. The van der Waals surface area contributed by atoms with Crippen molar-refractivity contribution in [3.63, 3.8) is 0 Å². The highest BCUT2D eigenvalue weighted by atomic mass is 32.2. The SMILES string of the molecule is COc1ccc(S(=O)(=O)N2CCC(C(=O)N3CCC(C(N)=O)CC3)CC2)cc1. The van der Waals surface area contributed by atoms with Gasteiger partial charge in [0.05, 0.1) is 12.0 Å². The Bertz CT molecular complexity index is 808. The summed E-state index contributed by atoms with van der Waals surface area (Å²) in [4.78, 5) is 26.0. The van der Waals surface area contributed by atoms with Crippen molar-refractivity contribution in [3.8, 4) is 5.75 Å². The van der Waals surface area contributed by atoms with Gasteiger partial charge in [0.15, 0.2) is 0 Å². The Morgan fingerprint density at radius 3 is 2.00 bits per heavy atom. The molecule has 3 rings (SSSR count). The van der Waals surface area contributed by atoms with E-state index in [9.17, 15) is 18.0 Å². The van der Waals surface area contributed by atoms with Gasteiger partial charge in [-0.1, -0.05) is 0 Å². The van der Waals surface area contributed by atoms with Crippen LogP contribution in [0.15, 0.2) is 29.2 Å². The molecule has 2 N–H and O–H groups in total. The Balaban J connectivity index is 1.56. The number of nitrogens with zero attached hydrogens (tertiary/aromatic N) is 2. The lowest BCUT2D eigenvalue weighted by molar-refractivity contribution is -0.139. The van der Waals surface area contributed by atoms with Gasteiger partial charge in [0.2, 0.25) is 21.8 Å². The summed E-state index contributed by atoms with van der Waals surface area (Å²) >= 11 is 0. The van der Waals surface area contributed by atoms with Crippen LogP contribution in [-0.4, -0.2) is 62.7 Å². The van der Waals surface area contributed by atoms with Crippen LogP contribution in [0.3, 0.4) is 0 Å². The average molecular weight is 410 g/mol. The van der Waals surface area contributed by atoms with Crippen LogP contribution in [0.4, 0.5) is 0 Å². The smallest absolute Gasteiger partial charge is 0.243 e. The van der Waals surface area contributed by atoms with Gasteiger partial charge in [-0.2, -0.15) is 4.31 Å². The van der Waals surface area contributed by atoms with Gasteiger partial charge in [0.1, 0.15) is 5.75 Å². The summed E-state index contributed by atoms with van der Waals surface area (Å²) in [6.45, 7) is 1.72. The van der Waals surface area contributed by atoms with Crippen molar-refractivity contribution in [1.82, 2.24) is 9.21 Å². The lowest BCUT2D eigenvalue weighted by Gasteiger charge is -2.36. The predicted octanol–water partition coefficient (Wildman–Crippen LogP) is 0.820. The van der Waals surface area contributed by atoms with E-state index in [2.05, 4.69) is 0 Å². The summed E-state index contributed by atoms with van der Waals surface area (Å²) in [6, 6.07) is 6.32. The van der Waals surface area contributed by atoms with E-state index in [1.165, 1.54) is 23.5 Å². The van der Waals surface area contributed by atoms with Gasteiger partial charge >= 0.3 is 0 Å². The van der Waals surface area contributed by atoms with Crippen LogP contribution in [0.25, 0.3) is 0 Å². The number of hydrogen-bond acceptors (Lipinski definition) is 5. The van der Waals surface area contributed by atoms with Crippen LogP contribution < -0.4 is 10.5 Å². The monoisotopic (exact) mass is 409 g/mol. The van der Waals surface area contributed by atoms with Gasteiger partial charge in [-0.15, -0.1) is 0 Å². The molecule has 2 fully saturated rings. The van der Waals surface area contributed by atoms with Crippen molar-refractivity contribution in [2.45, 2.75) is 30.6 Å². The number of carbonyl (C=O) groups is 2. The minimum Gasteiger partial charge on any atom is -0.497 e. The normalized spacial score (nSPS) is 20.1. The number of sulfonamides is 1. The maximum absolute atomic E-state index is 12.8. The fourth-order valence-electron chi connectivity index (χ4n) is 3.88. The Morgan fingerprint density at radius 2 is 1.50 bits per heavy atom. The Hall–Kier alpha value is -2.13. The second-order valence-electron chi connectivity index (χ2n) is 7.36. The van der Waals surface area contributed by atoms with Crippen LogP contribution in [-0.2, 0) is 19.6 Å². The molecule has 9 heteroatoms. The Kier molecular flexibility index (Phi) is 6.24. The summed E-state index contributed by atoms with van der Waals surface area (Å²) in [5.74, 6) is 0.0323. The number of primary amides is 1. The zero-order valence-corrected chi connectivity index (χ0v) is 16.9. The van der Waals surface area contributed by atoms with Crippen molar-refractivity contribution >= 4 is 21.8 Å². The number of hydrogen-bond donors (Lipinski definition) is 1. The van der Waals surface area contributed by atoms with Crippen LogP contribution in [0.1, 0.15) is 25.7 Å². The first-order valence-electron chi connectivity index (χ1n) is 9.55. The van der Waals surface area contributed by atoms with Crippen LogP contribution in [0, 0.1) is 11.8 Å². The van der Waals surface area contributed by atoms with E-state index in [1.54, 1.807) is 17.0 Å². The van der Waals surface area contributed by atoms with E-state index in [4.69, 9.17) is 10.5 Å². The highest BCUT2D eigenvalue weighted by molar-refractivity contribution is 7.89. The van der Waals surface area contributed by atoms with Crippen molar-refractivity contribution in [2.75, 3.05) is 33.3 Å². The van der Waals surface area contributed by atoms with E-state index in [0.29, 0.717) is 57.6 Å². The van der Waals surface area contributed by atoms with Crippen molar-refractivity contribution in [1.29, 1.82) is 0 Å². The second kappa shape index (κ2) is 8.48. The number of carbonyl (C=O) groups excluding carboxylic acids is 2. The lowest BCUT2D eigenvalue weighted by atomic mass is 9.92. The summed E-state index contributed by atoms with van der Waals surface area (Å²) in [6.07, 6.45) is 2.21. The summed E-state index contributed by atoms with van der Waals surface area (Å²) in [5.41, 5.74) is 5.34. The lowest BCUT2D eigenvalue weighted by Crippen LogP contribution is -2.47. The largest absolute Gasteiger partial charge is 0.497 e. The molecule has 0 aliphatic carbocycles. The van der Waals surface area contributed by atoms with Gasteiger partial charge in [-0.05, 0) is 49.9 Å². The molecular formula is C19H27N3O5S. The number of amides is 2. The summed E-state index contributed by atoms with van der Waals surface area (Å²) in [7, 11) is -2.05. The first kappa shape index (κ1) is 20.6. The molecule has 2 aliphatic rings. The molecule has 0 unspecified atom stereocenters. The third kappa shape index (κ3) is 4.30. The molecule has 28 heavy (non-hydrogen) atoms. The number of nitrogens with two attached hydrogens (primary N) is 1. The van der Waals surface area contributed by atoms with Crippen LogP contribution in [0.2, 0.25) is 0 Å². The van der Waals surface area contributed by atoms with Crippen molar-refractivity contribution in [3.05, 3.63) is 24.3 Å². The quantitative estimate of drug-likeness (QED) is 0.774. The minimum absolute atomic E-state index is 0.0596. The molecule has 154 valence electrons. The molecule has 2 amide bonds. The van der Waals surface area contributed by atoms with E-state index in [-0.39, 0.29) is 28.5 Å². The van der Waals surface area contributed by atoms with E-state index >= 15 is 0 Å². The number of rotatable bonds is 5. The maximum Gasteiger partial charge on any atom is 0.243 e. The van der Waals surface area contributed by atoms with Crippen molar-refractivity contribution in [2.24, 2.45) is 17.6 Å². The molecule has 2 saturated heterocycles. The zero-order chi connectivity index (χ0) is 20.3. The highest BCUT2D eigenvalue weighted by Crippen LogP contribution is 2.27. The number of benzene rings is 1. The van der Waals surface area contributed by atoms with E-state index in [0.717, 1.165) is 0 Å². The molecule has 2 aliphatic heterocycles. The van der Waals surface area contributed by atoms with Gasteiger partial charge < -0.3 is 15.4 Å². The molecule has 0 radical (unpaired) electrons. The number of piperidine rings is 2. The molecule has 1 aromatic rings. The number of likely N-dealkylation sites (tertiary alicyclic amines) is 1. The van der Waals surface area contributed by atoms with Crippen LogP contribution in [0.5, 0.6) is 5.75 Å². The Labute approximate surface area is 165 Å². The van der Waals surface area contributed by atoms with E-state index < -0.39 is 10.0 Å². The summed E-state index contributed by atoms with van der Waals surface area (Å²) < 4.78 is 32.1. The molecule has 0 bridgehead atoms. The van der Waals surface area contributed by atoms with Gasteiger partial charge in [-0.25, -0.2) is 8.42 Å². The number of ether oxygens (including phenoxy) is 1. The standard InChI is InChI=1S/C19H27N3O5S/c1-27-16-2-4-17(5-3-16)28(25,26)22-12-8-15(9-13-22)19(24)21-10-6-14(7-11-21)18(20)23/h2-5,14-15H,6-13H2,1H3,(H2,20,23). The third-order valence-corrected chi connectivity index (χ3v) is 7.62. The Morgan fingerprint density at radius 1 is 0.964 bits per heavy atom. The highest BCUT2D eigenvalue weighted by Gasteiger charge is 2.35. The summed E-state index contributed by atoms with van der Waals surface area (Å²) in [5, 5.41) is 0.